The monoisotopic (exact) mass is 674 g/mol. The van der Waals surface area contributed by atoms with Crippen molar-refractivity contribution in [3.8, 4) is 17.2 Å². The number of esters is 1. The number of carbonyl (C=O) groups excluding carboxylic acids is 1. The van der Waals surface area contributed by atoms with E-state index in [1.807, 2.05) is 50.2 Å². The van der Waals surface area contributed by atoms with E-state index in [-0.39, 0.29) is 18.3 Å². The number of methoxy groups -OCH3 is 1. The highest BCUT2D eigenvalue weighted by Crippen LogP contribution is 2.37. The maximum Gasteiger partial charge on any atom is 0.338 e. The second-order valence-corrected chi connectivity index (χ2v) is 11.3. The summed E-state index contributed by atoms with van der Waals surface area (Å²) in [7, 11) is 1.57. The van der Waals surface area contributed by atoms with Crippen LogP contribution in [-0.2, 0) is 9.53 Å². The fourth-order valence-electron chi connectivity index (χ4n) is 4.41. The molecule has 0 saturated heterocycles. The van der Waals surface area contributed by atoms with Gasteiger partial charge in [-0.15, -0.1) is 0 Å². The van der Waals surface area contributed by atoms with Gasteiger partial charge in [0.2, 0.25) is 0 Å². The molecule has 2 aromatic carbocycles. The van der Waals surface area contributed by atoms with Crippen molar-refractivity contribution in [1.82, 2.24) is 4.57 Å². The summed E-state index contributed by atoms with van der Waals surface area (Å²) in [5.74, 6) is 1.23. The topological polar surface area (TPSA) is 88.4 Å². The highest BCUT2D eigenvalue weighted by Gasteiger charge is 2.35. The molecule has 210 valence electrons. The fraction of sp³-hybridized carbons (Fsp3) is 0.300. The Kier molecular flexibility index (Phi) is 9.52. The number of halogens is 1. The zero-order valence-corrected chi connectivity index (χ0v) is 26.0. The van der Waals surface area contributed by atoms with Crippen LogP contribution in [0.5, 0.6) is 17.2 Å². The molecule has 40 heavy (non-hydrogen) atoms. The van der Waals surface area contributed by atoms with E-state index >= 15 is 0 Å². The Morgan fingerprint density at radius 2 is 2.00 bits per heavy atom. The Balaban J connectivity index is 1.94. The lowest BCUT2D eigenvalue weighted by atomic mass is 9.95. The highest BCUT2D eigenvalue weighted by molar-refractivity contribution is 14.1. The number of nitrogens with zero attached hydrogens (tertiary/aromatic N) is 2. The number of para-hydroxylation sites is 1. The number of benzene rings is 2. The number of allylic oxidation sites excluding steroid dienone is 1. The minimum absolute atomic E-state index is 0.107. The quantitative estimate of drug-likeness (QED) is 0.175. The molecule has 0 spiro atoms. The number of carbonyl (C=O) groups is 1. The molecule has 0 fully saturated rings. The Morgan fingerprint density at radius 1 is 1.25 bits per heavy atom. The fourth-order valence-corrected chi connectivity index (χ4v) is 6.24. The lowest BCUT2D eigenvalue weighted by Crippen LogP contribution is -2.40. The van der Waals surface area contributed by atoms with Crippen LogP contribution in [0, 0.1) is 3.57 Å². The Hall–Kier alpha value is -3.38. The van der Waals surface area contributed by atoms with Crippen LogP contribution in [0.2, 0.25) is 0 Å². The first-order chi connectivity index (χ1) is 19.2. The molecule has 0 radical (unpaired) electrons. The second kappa shape index (κ2) is 12.9. The van der Waals surface area contributed by atoms with Crippen molar-refractivity contribution in [3.63, 3.8) is 0 Å². The number of hydrogen-bond acceptors (Lipinski definition) is 8. The van der Waals surface area contributed by atoms with Gasteiger partial charge in [-0.25, -0.2) is 9.79 Å². The van der Waals surface area contributed by atoms with Gasteiger partial charge < -0.3 is 18.9 Å². The van der Waals surface area contributed by atoms with Crippen LogP contribution in [0.1, 0.15) is 44.9 Å². The summed E-state index contributed by atoms with van der Waals surface area (Å²) in [6.45, 7) is 11.6. The van der Waals surface area contributed by atoms with E-state index < -0.39 is 12.0 Å². The zero-order valence-electron chi connectivity index (χ0n) is 23.0. The summed E-state index contributed by atoms with van der Waals surface area (Å²) in [5, 5.41) is 0. The molecule has 0 bridgehead atoms. The first-order valence-corrected chi connectivity index (χ1v) is 14.7. The average Bonchev–Trinajstić information content (AvgIpc) is 3.21. The summed E-state index contributed by atoms with van der Waals surface area (Å²) < 4.78 is 25.7. The molecule has 0 saturated carbocycles. The van der Waals surface area contributed by atoms with Crippen molar-refractivity contribution >= 4 is 46.0 Å². The summed E-state index contributed by atoms with van der Waals surface area (Å²) in [6, 6.07) is 10.4. The van der Waals surface area contributed by atoms with Crippen LogP contribution in [-0.4, -0.2) is 37.0 Å². The minimum atomic E-state index is -0.767. The van der Waals surface area contributed by atoms with Crippen LogP contribution in [0.3, 0.4) is 0 Å². The molecule has 1 atom stereocenters. The number of hydrogen-bond donors (Lipinski definition) is 0. The van der Waals surface area contributed by atoms with E-state index in [1.54, 1.807) is 37.7 Å². The third-order valence-electron chi connectivity index (χ3n) is 5.99. The third-order valence-corrected chi connectivity index (χ3v) is 7.77. The maximum atomic E-state index is 14.0. The first-order valence-electron chi connectivity index (χ1n) is 12.8. The second-order valence-electron chi connectivity index (χ2n) is 9.14. The van der Waals surface area contributed by atoms with Gasteiger partial charge in [0.05, 0.1) is 39.2 Å². The molecule has 0 amide bonds. The predicted molar refractivity (Wildman–Crippen MR) is 164 cm³/mol. The molecule has 2 heterocycles. The molecule has 0 N–H and O–H groups in total. The summed E-state index contributed by atoms with van der Waals surface area (Å²) >= 11 is 3.43. The van der Waals surface area contributed by atoms with Crippen LogP contribution >= 0.6 is 33.9 Å². The van der Waals surface area contributed by atoms with Gasteiger partial charge in [-0.2, -0.15) is 0 Å². The summed E-state index contributed by atoms with van der Waals surface area (Å²) in [5.41, 5.74) is 1.97. The molecule has 1 aromatic heterocycles. The Morgan fingerprint density at radius 3 is 2.67 bits per heavy atom. The SMILES string of the molecule is C=CCOc1c(I)cc(/C=c2\sc3n(c2=O)[C@@H](c2ccccc2OC(C)C)C(C(=O)OCC)=C(C)N=3)cc1OC. The molecule has 1 aliphatic rings. The standard InChI is InChI=1S/C30H31IN2O6S/c1-7-13-38-27-21(31)14-19(15-23(27)36-6)16-24-28(34)33-26(20-11-9-10-12-22(20)39-17(3)4)25(29(35)37-8-2)18(5)32-30(33)40-24/h7,9-12,14-17,26H,1,8,13H2,2-6H3/b24-16-/t26-/m0/s1. The molecule has 3 aromatic rings. The van der Waals surface area contributed by atoms with Crippen molar-refractivity contribution < 1.29 is 23.7 Å². The normalized spacial score (nSPS) is 15.0. The number of aromatic nitrogens is 1. The van der Waals surface area contributed by atoms with Gasteiger partial charge in [-0.3, -0.25) is 9.36 Å². The molecule has 4 rings (SSSR count). The zero-order chi connectivity index (χ0) is 29.0. The van der Waals surface area contributed by atoms with Crippen molar-refractivity contribution in [2.45, 2.75) is 39.8 Å². The molecule has 8 nitrogen and oxygen atoms in total. The lowest BCUT2D eigenvalue weighted by molar-refractivity contribution is -0.139. The van der Waals surface area contributed by atoms with Crippen molar-refractivity contribution in [1.29, 1.82) is 0 Å². The van der Waals surface area contributed by atoms with E-state index in [4.69, 9.17) is 18.9 Å². The first kappa shape index (κ1) is 29.6. The number of rotatable bonds is 10. The smallest absolute Gasteiger partial charge is 0.338 e. The van der Waals surface area contributed by atoms with Gasteiger partial charge in [0, 0.05) is 5.56 Å². The molecule has 0 aliphatic carbocycles. The van der Waals surface area contributed by atoms with Crippen LogP contribution < -0.4 is 29.1 Å². The van der Waals surface area contributed by atoms with Crippen LogP contribution in [0.15, 0.2) is 70.1 Å². The van der Waals surface area contributed by atoms with Gasteiger partial charge in [-0.1, -0.05) is 42.2 Å². The molecule has 1 aliphatic heterocycles. The molecular formula is C30H31IN2O6S. The van der Waals surface area contributed by atoms with Gasteiger partial charge >= 0.3 is 5.97 Å². The van der Waals surface area contributed by atoms with E-state index in [1.165, 1.54) is 11.3 Å². The van der Waals surface area contributed by atoms with Crippen LogP contribution in [0.25, 0.3) is 6.08 Å². The minimum Gasteiger partial charge on any atom is -0.493 e. The number of fused-ring (bicyclic) bond motifs is 1. The maximum absolute atomic E-state index is 14.0. The molecular weight excluding hydrogens is 643 g/mol. The van der Waals surface area contributed by atoms with E-state index in [2.05, 4.69) is 34.2 Å². The largest absolute Gasteiger partial charge is 0.493 e. The Bertz CT molecular complexity index is 1650. The summed E-state index contributed by atoms with van der Waals surface area (Å²) in [6.07, 6.45) is 3.35. The van der Waals surface area contributed by atoms with Gasteiger partial charge in [0.15, 0.2) is 16.3 Å². The Labute approximate surface area is 250 Å². The van der Waals surface area contributed by atoms with Gasteiger partial charge in [0.25, 0.3) is 5.56 Å². The van der Waals surface area contributed by atoms with Crippen LogP contribution in [0.4, 0.5) is 0 Å². The van der Waals surface area contributed by atoms with E-state index in [0.29, 0.717) is 50.0 Å². The summed E-state index contributed by atoms with van der Waals surface area (Å²) in [4.78, 5) is 32.4. The predicted octanol–water partition coefficient (Wildman–Crippen LogP) is 4.76. The molecule has 0 unspecified atom stereocenters. The molecule has 10 heteroatoms. The number of thiazole rings is 1. The van der Waals surface area contributed by atoms with E-state index in [0.717, 1.165) is 9.13 Å². The van der Waals surface area contributed by atoms with Gasteiger partial charge in [-0.05, 0) is 80.1 Å². The van der Waals surface area contributed by atoms with Crippen molar-refractivity contribution in [3.05, 3.63) is 94.7 Å². The van der Waals surface area contributed by atoms with Crippen molar-refractivity contribution in [2.24, 2.45) is 4.99 Å². The highest BCUT2D eigenvalue weighted by atomic mass is 127. The third kappa shape index (κ3) is 6.02. The van der Waals surface area contributed by atoms with Crippen molar-refractivity contribution in [2.75, 3.05) is 20.3 Å². The van der Waals surface area contributed by atoms with Gasteiger partial charge in [0.1, 0.15) is 18.4 Å². The lowest BCUT2D eigenvalue weighted by Gasteiger charge is -2.26. The number of ether oxygens (including phenoxy) is 4. The van der Waals surface area contributed by atoms with E-state index in [9.17, 15) is 9.59 Å². The average molecular weight is 675 g/mol.